The van der Waals surface area contributed by atoms with Gasteiger partial charge in [0.15, 0.2) is 0 Å². The number of hydrogen-bond acceptors (Lipinski definition) is 3. The molecule has 1 heterocycles. The zero-order valence-corrected chi connectivity index (χ0v) is 11.2. The Morgan fingerprint density at radius 3 is 2.89 bits per heavy atom. The summed E-state index contributed by atoms with van der Waals surface area (Å²) in [6.07, 6.45) is 8.71. The number of nitrogen functional groups attached to an aromatic ring is 1. The Morgan fingerprint density at radius 1 is 1.21 bits per heavy atom. The van der Waals surface area contributed by atoms with Crippen molar-refractivity contribution in [3.05, 3.63) is 30.5 Å². The summed E-state index contributed by atoms with van der Waals surface area (Å²) < 4.78 is 0. The van der Waals surface area contributed by atoms with Crippen LogP contribution in [0, 0.1) is 5.92 Å². The summed E-state index contributed by atoms with van der Waals surface area (Å²) in [6.45, 7) is 1.04. The van der Waals surface area contributed by atoms with Crippen LogP contribution in [0.3, 0.4) is 0 Å². The molecule has 3 nitrogen and oxygen atoms in total. The van der Waals surface area contributed by atoms with Crippen molar-refractivity contribution < 1.29 is 0 Å². The lowest BCUT2D eigenvalue weighted by atomic mass is 10.0. The van der Waals surface area contributed by atoms with Crippen LogP contribution in [0.2, 0.25) is 0 Å². The fourth-order valence-electron chi connectivity index (χ4n) is 3.06. The number of aromatic nitrogens is 1. The maximum Gasteiger partial charge on any atom is 0.0951 e. The molecule has 19 heavy (non-hydrogen) atoms. The van der Waals surface area contributed by atoms with Gasteiger partial charge in [-0.2, -0.15) is 0 Å². The van der Waals surface area contributed by atoms with Crippen LogP contribution in [0.1, 0.15) is 32.1 Å². The zero-order chi connectivity index (χ0) is 13.1. The van der Waals surface area contributed by atoms with Gasteiger partial charge in [0.05, 0.1) is 11.2 Å². The summed E-state index contributed by atoms with van der Waals surface area (Å²) in [4.78, 5) is 4.36. The fourth-order valence-corrected chi connectivity index (χ4v) is 3.06. The second-order valence-electron chi connectivity index (χ2n) is 5.47. The van der Waals surface area contributed by atoms with E-state index in [9.17, 15) is 0 Å². The molecule has 1 aliphatic carbocycles. The molecule has 2 aromatic rings. The average Bonchev–Trinajstić information content (AvgIpc) is 2.95. The van der Waals surface area contributed by atoms with Gasteiger partial charge in [0.1, 0.15) is 0 Å². The van der Waals surface area contributed by atoms with E-state index < -0.39 is 0 Å². The maximum absolute atomic E-state index is 5.96. The van der Waals surface area contributed by atoms with Crippen molar-refractivity contribution in [3.63, 3.8) is 0 Å². The highest BCUT2D eigenvalue weighted by molar-refractivity contribution is 5.98. The summed E-state index contributed by atoms with van der Waals surface area (Å²) in [5.41, 5.74) is 8.76. The van der Waals surface area contributed by atoms with Crippen LogP contribution >= 0.6 is 0 Å². The summed E-state index contributed by atoms with van der Waals surface area (Å²) in [7, 11) is 0. The Bertz CT molecular complexity index is 559. The maximum atomic E-state index is 5.96. The Kier molecular flexibility index (Phi) is 3.53. The van der Waals surface area contributed by atoms with Gasteiger partial charge in [-0.1, -0.05) is 25.7 Å². The second-order valence-corrected chi connectivity index (χ2v) is 5.47. The zero-order valence-electron chi connectivity index (χ0n) is 11.2. The molecule has 3 N–H and O–H groups in total. The van der Waals surface area contributed by atoms with Crippen molar-refractivity contribution in [1.82, 2.24) is 4.98 Å². The van der Waals surface area contributed by atoms with Crippen molar-refractivity contribution >= 4 is 22.3 Å². The predicted octanol–water partition coefficient (Wildman–Crippen LogP) is 3.81. The first-order chi connectivity index (χ1) is 9.34. The van der Waals surface area contributed by atoms with Crippen LogP contribution in [-0.2, 0) is 0 Å². The molecular formula is C16H21N3. The molecule has 1 saturated carbocycles. The summed E-state index contributed by atoms with van der Waals surface area (Å²) >= 11 is 0. The standard InChI is InChI=1S/C16H21N3/c17-14-7-8-15(13-6-3-10-19-16(13)14)18-11-9-12-4-1-2-5-12/h3,6-8,10,12,18H,1-2,4-5,9,11,17H2. The largest absolute Gasteiger partial charge is 0.397 e. The van der Waals surface area contributed by atoms with Crippen LogP contribution < -0.4 is 11.1 Å². The van der Waals surface area contributed by atoms with Gasteiger partial charge in [0.2, 0.25) is 0 Å². The third kappa shape index (κ3) is 2.65. The number of nitrogens with two attached hydrogens (primary N) is 1. The smallest absolute Gasteiger partial charge is 0.0951 e. The van der Waals surface area contributed by atoms with E-state index in [-0.39, 0.29) is 0 Å². The van der Waals surface area contributed by atoms with Gasteiger partial charge in [0.25, 0.3) is 0 Å². The van der Waals surface area contributed by atoms with Crippen molar-refractivity contribution in [2.24, 2.45) is 5.92 Å². The third-order valence-corrected chi connectivity index (χ3v) is 4.14. The molecular weight excluding hydrogens is 234 g/mol. The molecule has 0 spiro atoms. The van der Waals surface area contributed by atoms with Crippen LogP contribution in [0.4, 0.5) is 11.4 Å². The van der Waals surface area contributed by atoms with E-state index in [1.54, 1.807) is 6.20 Å². The third-order valence-electron chi connectivity index (χ3n) is 4.14. The van der Waals surface area contributed by atoms with Crippen molar-refractivity contribution in [1.29, 1.82) is 0 Å². The number of fused-ring (bicyclic) bond motifs is 1. The van der Waals surface area contributed by atoms with E-state index in [4.69, 9.17) is 5.73 Å². The minimum Gasteiger partial charge on any atom is -0.397 e. The SMILES string of the molecule is Nc1ccc(NCCC2CCCC2)c2cccnc12. The highest BCUT2D eigenvalue weighted by Crippen LogP contribution is 2.29. The number of nitrogens with zero attached hydrogens (tertiary/aromatic N) is 1. The minimum atomic E-state index is 0.747. The van der Waals surface area contributed by atoms with Crippen molar-refractivity contribution in [2.75, 3.05) is 17.6 Å². The van der Waals surface area contributed by atoms with E-state index in [2.05, 4.69) is 22.4 Å². The average molecular weight is 255 g/mol. The molecule has 1 aromatic carbocycles. The molecule has 1 fully saturated rings. The first-order valence-corrected chi connectivity index (χ1v) is 7.21. The van der Waals surface area contributed by atoms with E-state index >= 15 is 0 Å². The highest BCUT2D eigenvalue weighted by atomic mass is 14.9. The number of pyridine rings is 1. The highest BCUT2D eigenvalue weighted by Gasteiger charge is 2.14. The first kappa shape index (κ1) is 12.3. The van der Waals surface area contributed by atoms with Crippen molar-refractivity contribution in [2.45, 2.75) is 32.1 Å². The number of hydrogen-bond donors (Lipinski definition) is 2. The topological polar surface area (TPSA) is 50.9 Å². The number of nitrogens with one attached hydrogen (secondary N) is 1. The van der Waals surface area contributed by atoms with Gasteiger partial charge in [0, 0.05) is 23.8 Å². The van der Waals surface area contributed by atoms with Gasteiger partial charge >= 0.3 is 0 Å². The molecule has 0 radical (unpaired) electrons. The Labute approximate surface area is 114 Å². The monoisotopic (exact) mass is 255 g/mol. The number of rotatable bonds is 4. The first-order valence-electron chi connectivity index (χ1n) is 7.21. The molecule has 0 saturated heterocycles. The molecule has 1 aromatic heterocycles. The fraction of sp³-hybridized carbons (Fsp3) is 0.438. The van der Waals surface area contributed by atoms with Gasteiger partial charge in [-0.3, -0.25) is 4.98 Å². The van der Waals surface area contributed by atoms with Crippen LogP contribution in [0.5, 0.6) is 0 Å². The molecule has 0 unspecified atom stereocenters. The number of anilines is 2. The quantitative estimate of drug-likeness (QED) is 0.817. The van der Waals surface area contributed by atoms with Crippen molar-refractivity contribution in [3.8, 4) is 0 Å². The van der Waals surface area contributed by atoms with E-state index in [0.717, 1.165) is 34.7 Å². The molecule has 3 heteroatoms. The lowest BCUT2D eigenvalue weighted by Crippen LogP contribution is -2.07. The summed E-state index contributed by atoms with van der Waals surface area (Å²) in [5.74, 6) is 0.922. The van der Waals surface area contributed by atoms with Gasteiger partial charge in [-0.05, 0) is 36.6 Å². The van der Waals surface area contributed by atoms with Gasteiger partial charge in [-0.15, -0.1) is 0 Å². The summed E-state index contributed by atoms with van der Waals surface area (Å²) in [5, 5.41) is 4.67. The van der Waals surface area contributed by atoms with Crippen LogP contribution in [0.25, 0.3) is 10.9 Å². The normalized spacial score (nSPS) is 16.0. The van der Waals surface area contributed by atoms with Gasteiger partial charge in [-0.25, -0.2) is 0 Å². The predicted molar refractivity (Wildman–Crippen MR) is 81.2 cm³/mol. The van der Waals surface area contributed by atoms with E-state index in [1.807, 2.05) is 12.1 Å². The van der Waals surface area contributed by atoms with Crippen LogP contribution in [-0.4, -0.2) is 11.5 Å². The Balaban J connectivity index is 1.72. The molecule has 100 valence electrons. The molecule has 0 bridgehead atoms. The Morgan fingerprint density at radius 2 is 2.05 bits per heavy atom. The lowest BCUT2D eigenvalue weighted by molar-refractivity contribution is 0.519. The molecule has 0 atom stereocenters. The summed E-state index contributed by atoms with van der Waals surface area (Å²) in [6, 6.07) is 8.04. The van der Waals surface area contributed by atoms with E-state index in [1.165, 1.54) is 32.1 Å². The Hall–Kier alpha value is -1.77. The van der Waals surface area contributed by atoms with E-state index in [0.29, 0.717) is 0 Å². The van der Waals surface area contributed by atoms with Crippen LogP contribution in [0.15, 0.2) is 30.5 Å². The number of benzene rings is 1. The van der Waals surface area contributed by atoms with Gasteiger partial charge < -0.3 is 11.1 Å². The minimum absolute atomic E-state index is 0.747. The lowest BCUT2D eigenvalue weighted by Gasteiger charge is -2.13. The molecule has 1 aliphatic rings. The molecule has 0 amide bonds. The molecule has 3 rings (SSSR count). The second kappa shape index (κ2) is 5.47. The molecule has 0 aliphatic heterocycles.